The lowest BCUT2D eigenvalue weighted by Crippen LogP contribution is -2.53. The Morgan fingerprint density at radius 1 is 1.21 bits per heavy atom. The van der Waals surface area contributed by atoms with Crippen LogP contribution in [0.3, 0.4) is 0 Å². The Kier molecular flexibility index (Phi) is 8.81. The Bertz CT molecular complexity index is 1250. The van der Waals surface area contributed by atoms with Crippen LogP contribution in [-0.2, 0) is 6.42 Å². The third kappa shape index (κ3) is 5.75. The summed E-state index contributed by atoms with van der Waals surface area (Å²) in [5, 5.41) is 10.2. The minimum absolute atomic E-state index is 0.00501. The number of aryl methyl sites for hydroxylation is 1. The molecule has 2 fully saturated rings. The fraction of sp³-hybridized carbons (Fsp3) is 0.393. The van der Waals surface area contributed by atoms with Crippen molar-refractivity contribution in [3.05, 3.63) is 76.7 Å². The van der Waals surface area contributed by atoms with Gasteiger partial charge in [0.25, 0.3) is 5.91 Å². The topological polar surface area (TPSA) is 122 Å². The molecule has 2 aliphatic rings. The van der Waals surface area contributed by atoms with Crippen molar-refractivity contribution >= 4 is 23.1 Å². The van der Waals surface area contributed by atoms with E-state index in [1.165, 1.54) is 18.6 Å². The molecule has 1 amide bonds. The van der Waals surface area contributed by atoms with Gasteiger partial charge < -0.3 is 21.5 Å². The number of aliphatic hydroxyl groups is 1. The third-order valence-corrected chi connectivity index (χ3v) is 7.55. The van der Waals surface area contributed by atoms with Gasteiger partial charge in [-0.05, 0) is 43.9 Å². The first-order chi connectivity index (χ1) is 18.2. The molecule has 38 heavy (non-hydrogen) atoms. The number of hydrogen-bond acceptors (Lipinski definition) is 7. The third-order valence-electron chi connectivity index (χ3n) is 7.25. The van der Waals surface area contributed by atoms with Crippen molar-refractivity contribution in [1.82, 2.24) is 19.8 Å². The first kappa shape index (κ1) is 27.8. The number of aromatic nitrogens is 2. The van der Waals surface area contributed by atoms with Crippen molar-refractivity contribution in [3.8, 4) is 11.3 Å². The number of amides is 1. The van der Waals surface area contributed by atoms with Crippen molar-refractivity contribution in [3.63, 3.8) is 0 Å². The molecule has 1 saturated carbocycles. The molecule has 2 unspecified atom stereocenters. The summed E-state index contributed by atoms with van der Waals surface area (Å²) in [4.78, 5) is 25.9. The number of hydrogen-bond donors (Lipinski definition) is 3. The second-order valence-corrected chi connectivity index (χ2v) is 10.0. The maximum absolute atomic E-state index is 15.5. The van der Waals surface area contributed by atoms with Crippen molar-refractivity contribution < 1.29 is 14.3 Å². The van der Waals surface area contributed by atoms with Gasteiger partial charge >= 0.3 is 0 Å². The molecular formula is C28H34ClFN6O2. The molecule has 1 aromatic carbocycles. The summed E-state index contributed by atoms with van der Waals surface area (Å²) in [6.07, 6.45) is 9.15. The number of carbonyl (C=O) groups is 1. The summed E-state index contributed by atoms with van der Waals surface area (Å²) in [5.41, 5.74) is 14.5. The summed E-state index contributed by atoms with van der Waals surface area (Å²) < 4.78 is 15.5. The van der Waals surface area contributed by atoms with Gasteiger partial charge in [-0.2, -0.15) is 0 Å². The van der Waals surface area contributed by atoms with Crippen LogP contribution in [0.4, 0.5) is 4.39 Å². The monoisotopic (exact) mass is 540 g/mol. The molecule has 1 aliphatic heterocycles. The van der Waals surface area contributed by atoms with E-state index in [1.807, 2.05) is 6.92 Å². The number of allylic oxidation sites excluding steroid dienone is 3. The van der Waals surface area contributed by atoms with Gasteiger partial charge in [-0.25, -0.2) is 14.4 Å². The van der Waals surface area contributed by atoms with E-state index in [0.29, 0.717) is 66.4 Å². The zero-order valence-electron chi connectivity index (χ0n) is 21.5. The van der Waals surface area contributed by atoms with Crippen LogP contribution < -0.4 is 11.5 Å². The number of nitrogens with zero attached hydrogens (tertiary/aromatic N) is 4. The Morgan fingerprint density at radius 2 is 1.95 bits per heavy atom. The van der Waals surface area contributed by atoms with Crippen molar-refractivity contribution in [2.75, 3.05) is 26.2 Å². The van der Waals surface area contributed by atoms with E-state index in [9.17, 15) is 9.90 Å². The summed E-state index contributed by atoms with van der Waals surface area (Å²) in [6, 6.07) is 2.95. The molecule has 4 rings (SSSR count). The van der Waals surface area contributed by atoms with Crippen molar-refractivity contribution in [1.29, 1.82) is 0 Å². The number of rotatable bonds is 7. The molecule has 1 aromatic heterocycles. The average molecular weight is 541 g/mol. The van der Waals surface area contributed by atoms with E-state index in [-0.39, 0.29) is 22.7 Å². The van der Waals surface area contributed by atoms with Gasteiger partial charge in [0.05, 0.1) is 28.1 Å². The second kappa shape index (κ2) is 12.1. The molecule has 2 atom stereocenters. The predicted molar refractivity (Wildman–Crippen MR) is 148 cm³/mol. The van der Waals surface area contributed by atoms with Crippen LogP contribution in [0, 0.1) is 5.82 Å². The van der Waals surface area contributed by atoms with E-state index < -0.39 is 11.7 Å². The second-order valence-electron chi connectivity index (χ2n) is 9.64. The normalized spacial score (nSPS) is 20.8. The highest BCUT2D eigenvalue weighted by Gasteiger charge is 2.34. The van der Waals surface area contributed by atoms with Crippen LogP contribution in [0.5, 0.6) is 0 Å². The van der Waals surface area contributed by atoms with E-state index in [4.69, 9.17) is 23.1 Å². The molecule has 2 aromatic rings. The maximum atomic E-state index is 15.5. The molecule has 0 radical (unpaired) electrons. The lowest BCUT2D eigenvalue weighted by atomic mass is 9.95. The number of aliphatic hydroxyl groups excluding tert-OH is 1. The van der Waals surface area contributed by atoms with Crippen LogP contribution in [-0.4, -0.2) is 69.1 Å². The molecule has 8 nitrogen and oxygen atoms in total. The Hall–Kier alpha value is -3.27. The quantitative estimate of drug-likeness (QED) is 0.459. The van der Waals surface area contributed by atoms with Gasteiger partial charge in [0.15, 0.2) is 0 Å². The Morgan fingerprint density at radius 3 is 2.53 bits per heavy atom. The lowest BCUT2D eigenvalue weighted by molar-refractivity contribution is 0.0314. The summed E-state index contributed by atoms with van der Waals surface area (Å²) in [6.45, 7) is 7.76. The standard InChI is InChI=1S/C28H34ClFN6O2/c1-3-22-25(18(15-31)8-7-17(2)32)27(34-16-33-22)19-13-20(29)26(21(30)14-19)28(38)36-11-9-35(10-12-36)23-5-4-6-24(23)37/h7-8,13-16,23-24,37H,2-6,9-12,31-32H2,1H3/b8-7-,18-15+. The fourth-order valence-electron chi connectivity index (χ4n) is 5.31. The van der Waals surface area contributed by atoms with Gasteiger partial charge in [-0.15, -0.1) is 0 Å². The number of piperazine rings is 1. The molecule has 5 N–H and O–H groups in total. The number of benzene rings is 1. The van der Waals surface area contributed by atoms with Crippen LogP contribution in [0.25, 0.3) is 16.8 Å². The molecule has 2 heterocycles. The molecule has 202 valence electrons. The average Bonchev–Trinajstić information content (AvgIpc) is 3.34. The number of carbonyl (C=O) groups excluding carboxylic acids is 1. The van der Waals surface area contributed by atoms with Gasteiger partial charge in [0, 0.05) is 60.8 Å². The van der Waals surface area contributed by atoms with E-state index >= 15 is 4.39 Å². The zero-order valence-corrected chi connectivity index (χ0v) is 22.3. The summed E-state index contributed by atoms with van der Waals surface area (Å²) in [7, 11) is 0. The predicted octanol–water partition coefficient (Wildman–Crippen LogP) is 3.50. The minimum atomic E-state index is -0.724. The highest BCUT2D eigenvalue weighted by Crippen LogP contribution is 2.34. The summed E-state index contributed by atoms with van der Waals surface area (Å²) in [5.74, 6) is -1.17. The zero-order chi connectivity index (χ0) is 27.4. The van der Waals surface area contributed by atoms with E-state index in [1.54, 1.807) is 23.1 Å². The van der Waals surface area contributed by atoms with Gasteiger partial charge in [0.1, 0.15) is 12.1 Å². The van der Waals surface area contributed by atoms with E-state index in [0.717, 1.165) is 19.3 Å². The van der Waals surface area contributed by atoms with Crippen molar-refractivity contribution in [2.24, 2.45) is 11.5 Å². The Balaban J connectivity index is 1.62. The van der Waals surface area contributed by atoms with Crippen molar-refractivity contribution in [2.45, 2.75) is 44.8 Å². The highest BCUT2D eigenvalue weighted by atomic mass is 35.5. The van der Waals surface area contributed by atoms with E-state index in [2.05, 4.69) is 21.4 Å². The maximum Gasteiger partial charge on any atom is 0.258 e. The van der Waals surface area contributed by atoms with Crippen LogP contribution >= 0.6 is 11.6 Å². The Labute approximate surface area is 227 Å². The lowest BCUT2D eigenvalue weighted by Gasteiger charge is -2.39. The smallest absolute Gasteiger partial charge is 0.258 e. The largest absolute Gasteiger partial charge is 0.404 e. The molecular weight excluding hydrogens is 507 g/mol. The summed E-state index contributed by atoms with van der Waals surface area (Å²) >= 11 is 6.54. The molecule has 1 saturated heterocycles. The van der Waals surface area contributed by atoms with Gasteiger partial charge in [-0.1, -0.05) is 31.2 Å². The number of halogens is 2. The number of nitrogens with two attached hydrogens (primary N) is 2. The van der Waals surface area contributed by atoms with Gasteiger partial charge in [-0.3, -0.25) is 9.69 Å². The first-order valence-electron chi connectivity index (χ1n) is 12.8. The molecule has 1 aliphatic carbocycles. The fourth-order valence-corrected chi connectivity index (χ4v) is 5.60. The van der Waals surface area contributed by atoms with Crippen LogP contribution in [0.1, 0.15) is 47.8 Å². The first-order valence-corrected chi connectivity index (χ1v) is 13.2. The molecule has 0 spiro atoms. The minimum Gasteiger partial charge on any atom is -0.404 e. The van der Waals surface area contributed by atoms with Gasteiger partial charge in [0.2, 0.25) is 0 Å². The molecule has 10 heteroatoms. The van der Waals surface area contributed by atoms with Crippen LogP contribution in [0.15, 0.2) is 49.1 Å². The van der Waals surface area contributed by atoms with Crippen LogP contribution in [0.2, 0.25) is 5.02 Å². The molecule has 0 bridgehead atoms. The SMILES string of the molecule is C=C(N)/C=C\C(=C/N)c1c(CC)ncnc1-c1cc(F)c(C(=O)N2CCN(C3CCCC3O)CC2)c(Cl)c1. The highest BCUT2D eigenvalue weighted by molar-refractivity contribution is 6.34.